The Labute approximate surface area is 162 Å². The van der Waals surface area contributed by atoms with Crippen molar-refractivity contribution in [1.82, 2.24) is 18.7 Å². The number of hydrogen-bond acceptors (Lipinski definition) is 6. The standard InChI is InChI=1S/C16H25ClN4O5S/c1-4-6-9-20-13-12(19(8-5-2)15(17)18-13)14(22)21(16(20)23)10-7-11-26-27(3,24)25/h4-11H2,1-3H3. The Kier molecular flexibility index (Phi) is 7.24. The van der Waals surface area contributed by atoms with Crippen molar-refractivity contribution in [2.24, 2.45) is 0 Å². The number of halogens is 1. The van der Waals surface area contributed by atoms with Crippen LogP contribution < -0.4 is 11.2 Å². The number of aryl methyl sites for hydroxylation is 2. The second-order valence-corrected chi connectivity index (χ2v) is 8.31. The van der Waals surface area contributed by atoms with E-state index in [4.69, 9.17) is 11.6 Å². The Morgan fingerprint density at radius 1 is 1.00 bits per heavy atom. The largest absolute Gasteiger partial charge is 0.332 e. The van der Waals surface area contributed by atoms with Gasteiger partial charge in [0.05, 0.1) is 12.9 Å². The zero-order chi connectivity index (χ0) is 20.2. The lowest BCUT2D eigenvalue weighted by molar-refractivity contribution is 0.304. The number of hydrogen-bond donors (Lipinski definition) is 0. The van der Waals surface area contributed by atoms with E-state index in [1.54, 1.807) is 4.57 Å². The van der Waals surface area contributed by atoms with Crippen molar-refractivity contribution in [2.75, 3.05) is 12.9 Å². The minimum Gasteiger partial charge on any atom is -0.309 e. The van der Waals surface area contributed by atoms with Crippen molar-refractivity contribution < 1.29 is 12.6 Å². The normalized spacial score (nSPS) is 12.1. The van der Waals surface area contributed by atoms with Crippen LogP contribution in [-0.2, 0) is 33.9 Å². The zero-order valence-electron chi connectivity index (χ0n) is 15.8. The SMILES string of the molecule is CCCCn1c(=O)n(CCCOS(C)(=O)=O)c(=O)c2c1nc(Cl)n2CCC. The average molecular weight is 421 g/mol. The second kappa shape index (κ2) is 9.03. The van der Waals surface area contributed by atoms with Gasteiger partial charge in [0.25, 0.3) is 15.7 Å². The van der Waals surface area contributed by atoms with Gasteiger partial charge < -0.3 is 4.57 Å². The molecule has 27 heavy (non-hydrogen) atoms. The fourth-order valence-electron chi connectivity index (χ4n) is 2.84. The fourth-order valence-corrected chi connectivity index (χ4v) is 3.51. The Morgan fingerprint density at radius 2 is 1.67 bits per heavy atom. The number of unbranched alkanes of at least 4 members (excludes halogenated alkanes) is 1. The molecule has 0 bridgehead atoms. The molecule has 0 aliphatic rings. The van der Waals surface area contributed by atoms with Gasteiger partial charge >= 0.3 is 5.69 Å². The molecule has 0 atom stereocenters. The third kappa shape index (κ3) is 4.99. The molecule has 0 fully saturated rings. The van der Waals surface area contributed by atoms with Crippen LogP contribution in [0.1, 0.15) is 39.5 Å². The van der Waals surface area contributed by atoms with Crippen molar-refractivity contribution in [3.8, 4) is 0 Å². The maximum Gasteiger partial charge on any atom is 0.332 e. The molecule has 9 nitrogen and oxygen atoms in total. The zero-order valence-corrected chi connectivity index (χ0v) is 17.3. The molecule has 0 aliphatic heterocycles. The van der Waals surface area contributed by atoms with Crippen LogP contribution >= 0.6 is 11.6 Å². The Balaban J connectivity index is 2.53. The predicted octanol–water partition coefficient (Wildman–Crippen LogP) is 1.59. The summed E-state index contributed by atoms with van der Waals surface area (Å²) in [7, 11) is -3.57. The van der Waals surface area contributed by atoms with Crippen molar-refractivity contribution >= 4 is 32.9 Å². The molecule has 0 saturated heterocycles. The highest BCUT2D eigenvalue weighted by atomic mass is 35.5. The van der Waals surface area contributed by atoms with Crippen LogP contribution in [-0.4, -0.2) is 40.0 Å². The fraction of sp³-hybridized carbons (Fsp3) is 0.688. The van der Waals surface area contributed by atoms with Gasteiger partial charge in [0, 0.05) is 19.6 Å². The highest BCUT2D eigenvalue weighted by Gasteiger charge is 2.20. The molecular formula is C16H25ClN4O5S. The van der Waals surface area contributed by atoms with Crippen LogP contribution in [0.4, 0.5) is 0 Å². The quantitative estimate of drug-likeness (QED) is 0.328. The van der Waals surface area contributed by atoms with Gasteiger partial charge in [0.1, 0.15) is 0 Å². The molecule has 0 N–H and O–H groups in total. The van der Waals surface area contributed by atoms with Crippen molar-refractivity contribution in [3.05, 3.63) is 26.1 Å². The van der Waals surface area contributed by atoms with Gasteiger partial charge in [-0.2, -0.15) is 13.4 Å². The number of rotatable bonds is 10. The summed E-state index contributed by atoms with van der Waals surface area (Å²) in [5, 5.41) is 0.173. The lowest BCUT2D eigenvalue weighted by Crippen LogP contribution is -2.41. The van der Waals surface area contributed by atoms with E-state index in [0.717, 1.165) is 30.1 Å². The van der Waals surface area contributed by atoms with Gasteiger partial charge in [-0.05, 0) is 30.9 Å². The van der Waals surface area contributed by atoms with E-state index in [0.29, 0.717) is 24.3 Å². The van der Waals surface area contributed by atoms with Crippen LogP contribution in [0.2, 0.25) is 5.28 Å². The number of nitrogens with zero attached hydrogens (tertiary/aromatic N) is 4. The average Bonchev–Trinajstić information content (AvgIpc) is 2.90. The van der Waals surface area contributed by atoms with Gasteiger partial charge in [-0.25, -0.2) is 4.79 Å². The van der Waals surface area contributed by atoms with Crippen molar-refractivity contribution in [1.29, 1.82) is 0 Å². The minimum absolute atomic E-state index is 0.0458. The first-order valence-corrected chi connectivity index (χ1v) is 11.1. The minimum atomic E-state index is -3.57. The first-order chi connectivity index (χ1) is 12.7. The lowest BCUT2D eigenvalue weighted by Gasteiger charge is -2.12. The van der Waals surface area contributed by atoms with Crippen LogP contribution in [0.3, 0.4) is 0 Å². The number of imidazole rings is 1. The first kappa shape index (κ1) is 21.6. The summed E-state index contributed by atoms with van der Waals surface area (Å²) in [4.78, 5) is 30.1. The Bertz CT molecular complexity index is 1020. The Morgan fingerprint density at radius 3 is 2.26 bits per heavy atom. The molecule has 0 saturated carbocycles. The molecule has 2 rings (SSSR count). The van der Waals surface area contributed by atoms with E-state index >= 15 is 0 Å². The summed E-state index contributed by atoms with van der Waals surface area (Å²) in [5.74, 6) is 0. The smallest absolute Gasteiger partial charge is 0.309 e. The van der Waals surface area contributed by atoms with E-state index in [1.807, 2.05) is 13.8 Å². The maximum absolute atomic E-state index is 12.9. The van der Waals surface area contributed by atoms with Crippen LogP contribution in [0, 0.1) is 0 Å². The number of aromatic nitrogens is 4. The van der Waals surface area contributed by atoms with Crippen LogP contribution in [0.25, 0.3) is 11.2 Å². The number of fused-ring (bicyclic) bond motifs is 1. The van der Waals surface area contributed by atoms with Gasteiger partial charge in [-0.3, -0.25) is 18.1 Å². The molecule has 0 aromatic carbocycles. The van der Waals surface area contributed by atoms with Gasteiger partial charge in [0.2, 0.25) is 5.28 Å². The van der Waals surface area contributed by atoms with E-state index < -0.39 is 21.4 Å². The van der Waals surface area contributed by atoms with E-state index in [1.165, 1.54) is 4.57 Å². The molecular weight excluding hydrogens is 396 g/mol. The summed E-state index contributed by atoms with van der Waals surface area (Å²) in [6.45, 7) is 4.83. The molecule has 0 spiro atoms. The third-order valence-electron chi connectivity index (χ3n) is 4.07. The highest BCUT2D eigenvalue weighted by Crippen LogP contribution is 2.17. The summed E-state index contributed by atoms with van der Waals surface area (Å²) in [6.07, 6.45) is 3.54. The molecule has 11 heteroatoms. The summed E-state index contributed by atoms with van der Waals surface area (Å²) in [5.41, 5.74) is -0.366. The first-order valence-electron chi connectivity index (χ1n) is 8.95. The van der Waals surface area contributed by atoms with E-state index in [9.17, 15) is 18.0 Å². The van der Waals surface area contributed by atoms with Crippen LogP contribution in [0.15, 0.2) is 9.59 Å². The molecule has 152 valence electrons. The molecule has 0 radical (unpaired) electrons. The van der Waals surface area contributed by atoms with E-state index in [-0.39, 0.29) is 24.9 Å². The lowest BCUT2D eigenvalue weighted by atomic mass is 10.3. The molecule has 0 aliphatic carbocycles. The Hall–Kier alpha value is -1.65. The third-order valence-corrected chi connectivity index (χ3v) is 4.96. The van der Waals surface area contributed by atoms with Gasteiger partial charge in [-0.15, -0.1) is 0 Å². The topological polar surface area (TPSA) is 105 Å². The van der Waals surface area contributed by atoms with Gasteiger partial charge in [-0.1, -0.05) is 20.3 Å². The summed E-state index contributed by atoms with van der Waals surface area (Å²) < 4.78 is 31.0. The van der Waals surface area contributed by atoms with Gasteiger partial charge in [0.15, 0.2) is 11.2 Å². The molecule has 2 aromatic rings. The van der Waals surface area contributed by atoms with Crippen molar-refractivity contribution in [3.63, 3.8) is 0 Å². The van der Waals surface area contributed by atoms with E-state index in [2.05, 4.69) is 9.17 Å². The summed E-state index contributed by atoms with van der Waals surface area (Å²) >= 11 is 6.21. The maximum atomic E-state index is 12.9. The predicted molar refractivity (Wildman–Crippen MR) is 104 cm³/mol. The van der Waals surface area contributed by atoms with Crippen LogP contribution in [0.5, 0.6) is 0 Å². The van der Waals surface area contributed by atoms with Crippen molar-refractivity contribution in [2.45, 2.75) is 59.2 Å². The highest BCUT2D eigenvalue weighted by molar-refractivity contribution is 7.85. The monoisotopic (exact) mass is 420 g/mol. The molecule has 2 heterocycles. The molecule has 0 unspecified atom stereocenters. The summed E-state index contributed by atoms with van der Waals surface area (Å²) in [6, 6.07) is 0. The molecule has 2 aromatic heterocycles. The molecule has 0 amide bonds. The second-order valence-electron chi connectivity index (χ2n) is 6.33.